The van der Waals surface area contributed by atoms with E-state index in [1.165, 1.54) is 6.07 Å². The fourth-order valence-electron chi connectivity index (χ4n) is 2.53. The average molecular weight is 491 g/mol. The van der Waals surface area contributed by atoms with Crippen LogP contribution < -0.4 is 11.1 Å². The Hall–Kier alpha value is -1.22. The molecule has 0 amide bonds. The fraction of sp³-hybridized carbons (Fsp3) is 0.250. The molecule has 0 unspecified atom stereocenters. The lowest BCUT2D eigenvalue weighted by molar-refractivity contribution is 0.353. The Morgan fingerprint density at radius 2 is 2.09 bits per heavy atom. The zero-order valence-electron chi connectivity index (χ0n) is 12.2. The molecule has 0 spiro atoms. The third-order valence-electron chi connectivity index (χ3n) is 3.77. The first kappa shape index (κ1) is 18.1. The highest BCUT2D eigenvalue weighted by Gasteiger charge is 2.30. The van der Waals surface area contributed by atoms with Crippen LogP contribution in [0, 0.1) is 5.82 Å². The maximum atomic E-state index is 13.2. The standard InChI is InChI=1S/C16H16BrFN4.HI/c17-13-9-10(4-5-14(13)18)11-7-12(8-11)21-16(19)22-15-3-1-2-6-20-15;/h1-6,9,11-12H,7-8H2,(H3,19,20,21,22);1H. The molecule has 1 fully saturated rings. The van der Waals surface area contributed by atoms with Crippen molar-refractivity contribution in [3.05, 3.63) is 58.4 Å². The highest BCUT2D eigenvalue weighted by atomic mass is 127. The van der Waals surface area contributed by atoms with Crippen LogP contribution in [0.25, 0.3) is 0 Å². The van der Waals surface area contributed by atoms with Crippen LogP contribution in [-0.4, -0.2) is 17.0 Å². The largest absolute Gasteiger partial charge is 0.370 e. The molecule has 0 radical (unpaired) electrons. The van der Waals surface area contributed by atoms with Crippen LogP contribution >= 0.6 is 39.9 Å². The Labute approximate surface area is 159 Å². The van der Waals surface area contributed by atoms with Gasteiger partial charge in [0.05, 0.1) is 10.5 Å². The van der Waals surface area contributed by atoms with Crippen molar-refractivity contribution in [3.63, 3.8) is 0 Å². The summed E-state index contributed by atoms with van der Waals surface area (Å²) in [6, 6.07) is 10.9. The summed E-state index contributed by atoms with van der Waals surface area (Å²) in [6.45, 7) is 0. The number of benzene rings is 1. The zero-order valence-corrected chi connectivity index (χ0v) is 16.2. The van der Waals surface area contributed by atoms with Crippen LogP contribution in [0.5, 0.6) is 0 Å². The van der Waals surface area contributed by atoms with Crippen LogP contribution in [0.1, 0.15) is 24.3 Å². The van der Waals surface area contributed by atoms with E-state index in [2.05, 4.69) is 31.2 Å². The van der Waals surface area contributed by atoms with Crippen molar-refractivity contribution in [1.82, 2.24) is 4.98 Å². The van der Waals surface area contributed by atoms with Crippen LogP contribution in [0.15, 0.2) is 52.1 Å². The number of nitrogens with zero attached hydrogens (tertiary/aromatic N) is 2. The number of hydrogen-bond acceptors (Lipinski definition) is 2. The molecule has 4 nitrogen and oxygen atoms in total. The molecule has 2 aromatic rings. The number of nitrogens with one attached hydrogen (secondary N) is 1. The summed E-state index contributed by atoms with van der Waals surface area (Å²) in [4.78, 5) is 8.59. The molecule has 23 heavy (non-hydrogen) atoms. The van der Waals surface area contributed by atoms with E-state index in [0.29, 0.717) is 22.2 Å². The van der Waals surface area contributed by atoms with Gasteiger partial charge in [0.1, 0.15) is 11.6 Å². The molecule has 3 rings (SSSR count). The first-order valence-corrected chi connectivity index (χ1v) is 7.87. The van der Waals surface area contributed by atoms with Crippen molar-refractivity contribution >= 4 is 51.7 Å². The molecule has 122 valence electrons. The number of aliphatic imine (C=N–C) groups is 1. The molecule has 0 saturated heterocycles. The van der Waals surface area contributed by atoms with E-state index in [9.17, 15) is 4.39 Å². The summed E-state index contributed by atoms with van der Waals surface area (Å²) in [5.41, 5.74) is 7.02. The maximum absolute atomic E-state index is 13.2. The topological polar surface area (TPSA) is 63.3 Å². The summed E-state index contributed by atoms with van der Waals surface area (Å²) in [5.74, 6) is 1.24. The monoisotopic (exact) mass is 490 g/mol. The Bertz CT molecular complexity index is 690. The van der Waals surface area contributed by atoms with Gasteiger partial charge < -0.3 is 11.1 Å². The molecule has 0 atom stereocenters. The Morgan fingerprint density at radius 1 is 1.30 bits per heavy atom. The van der Waals surface area contributed by atoms with Gasteiger partial charge in [-0.05, 0) is 64.5 Å². The molecular formula is C16H17BrFIN4. The normalized spacial score (nSPS) is 20.3. The van der Waals surface area contributed by atoms with E-state index in [1.807, 2.05) is 30.3 Å². The van der Waals surface area contributed by atoms with Crippen molar-refractivity contribution in [2.24, 2.45) is 10.7 Å². The predicted octanol–water partition coefficient (Wildman–Crippen LogP) is 4.27. The van der Waals surface area contributed by atoms with Crippen molar-refractivity contribution < 1.29 is 4.39 Å². The zero-order chi connectivity index (χ0) is 15.5. The number of guanidine groups is 1. The molecule has 1 aromatic carbocycles. The minimum atomic E-state index is -0.235. The second kappa shape index (κ2) is 8.05. The number of pyridine rings is 1. The van der Waals surface area contributed by atoms with E-state index in [0.717, 1.165) is 18.4 Å². The second-order valence-corrected chi connectivity index (χ2v) is 6.20. The van der Waals surface area contributed by atoms with Crippen molar-refractivity contribution in [1.29, 1.82) is 0 Å². The summed E-state index contributed by atoms with van der Waals surface area (Å²) >= 11 is 3.22. The van der Waals surface area contributed by atoms with Gasteiger partial charge in [-0.3, -0.25) is 0 Å². The van der Waals surface area contributed by atoms with Gasteiger partial charge in [-0.1, -0.05) is 12.1 Å². The third kappa shape index (κ3) is 4.63. The molecule has 1 aliphatic carbocycles. The fourth-order valence-corrected chi connectivity index (χ4v) is 2.93. The molecule has 1 aromatic heterocycles. The summed E-state index contributed by atoms with van der Waals surface area (Å²) in [5, 5.41) is 2.97. The highest BCUT2D eigenvalue weighted by Crippen LogP contribution is 2.39. The number of anilines is 1. The van der Waals surface area contributed by atoms with Crippen LogP contribution in [0.2, 0.25) is 0 Å². The van der Waals surface area contributed by atoms with Crippen molar-refractivity contribution in [3.8, 4) is 0 Å². The van der Waals surface area contributed by atoms with E-state index in [-0.39, 0.29) is 35.8 Å². The lowest BCUT2D eigenvalue weighted by Gasteiger charge is -2.33. The van der Waals surface area contributed by atoms with Gasteiger partial charge in [0.2, 0.25) is 0 Å². The Balaban J connectivity index is 0.00000192. The molecule has 1 saturated carbocycles. The quantitative estimate of drug-likeness (QED) is 0.383. The molecule has 7 heteroatoms. The summed E-state index contributed by atoms with van der Waals surface area (Å²) < 4.78 is 13.7. The molecule has 0 aliphatic heterocycles. The number of hydrogen-bond donors (Lipinski definition) is 2. The molecule has 3 N–H and O–H groups in total. The third-order valence-corrected chi connectivity index (χ3v) is 4.38. The van der Waals surface area contributed by atoms with E-state index >= 15 is 0 Å². The lowest BCUT2D eigenvalue weighted by atomic mass is 9.76. The second-order valence-electron chi connectivity index (χ2n) is 5.35. The number of halogens is 3. The molecule has 1 aliphatic rings. The van der Waals surface area contributed by atoms with Crippen LogP contribution in [-0.2, 0) is 0 Å². The maximum Gasteiger partial charge on any atom is 0.194 e. The molecule has 0 bridgehead atoms. The van der Waals surface area contributed by atoms with E-state index in [4.69, 9.17) is 5.73 Å². The smallest absolute Gasteiger partial charge is 0.194 e. The number of rotatable bonds is 3. The minimum absolute atomic E-state index is 0. The lowest BCUT2D eigenvalue weighted by Crippen LogP contribution is -2.31. The minimum Gasteiger partial charge on any atom is -0.370 e. The van der Waals surface area contributed by atoms with Crippen LogP contribution in [0.3, 0.4) is 0 Å². The first-order chi connectivity index (χ1) is 10.6. The van der Waals surface area contributed by atoms with Crippen molar-refractivity contribution in [2.75, 3.05) is 5.32 Å². The van der Waals surface area contributed by atoms with Crippen LogP contribution in [0.4, 0.5) is 10.2 Å². The average Bonchev–Trinajstić information content (AvgIpc) is 2.47. The summed E-state index contributed by atoms with van der Waals surface area (Å²) in [7, 11) is 0. The first-order valence-electron chi connectivity index (χ1n) is 7.08. The van der Waals surface area contributed by atoms with Gasteiger partial charge in [-0.15, -0.1) is 24.0 Å². The van der Waals surface area contributed by atoms with Gasteiger partial charge in [-0.25, -0.2) is 14.4 Å². The Morgan fingerprint density at radius 3 is 2.74 bits per heavy atom. The number of nitrogens with two attached hydrogens (primary N) is 1. The van der Waals surface area contributed by atoms with Crippen molar-refractivity contribution in [2.45, 2.75) is 24.8 Å². The predicted molar refractivity (Wildman–Crippen MR) is 105 cm³/mol. The van der Waals surface area contributed by atoms with Gasteiger partial charge in [0.15, 0.2) is 5.96 Å². The van der Waals surface area contributed by atoms with Gasteiger partial charge in [0, 0.05) is 6.20 Å². The molecular weight excluding hydrogens is 474 g/mol. The van der Waals surface area contributed by atoms with Gasteiger partial charge >= 0.3 is 0 Å². The number of aromatic nitrogens is 1. The SMILES string of the molecule is I.NC(=NC1CC(c2ccc(F)c(Br)c2)C1)Nc1ccccn1. The highest BCUT2D eigenvalue weighted by molar-refractivity contribution is 14.0. The van der Waals surface area contributed by atoms with E-state index in [1.54, 1.807) is 6.20 Å². The van der Waals surface area contributed by atoms with Gasteiger partial charge in [0.25, 0.3) is 0 Å². The van der Waals surface area contributed by atoms with E-state index < -0.39 is 0 Å². The molecule has 1 heterocycles. The Kier molecular flexibility index (Phi) is 6.34. The van der Waals surface area contributed by atoms with Gasteiger partial charge in [-0.2, -0.15) is 0 Å². The summed E-state index contributed by atoms with van der Waals surface area (Å²) in [6.07, 6.45) is 3.53.